The number of carboxylic acid groups (broad SMARTS) is 3. The molecule has 9 heteroatoms. The summed E-state index contributed by atoms with van der Waals surface area (Å²) in [5, 5.41) is 27.7. The van der Waals surface area contributed by atoms with E-state index in [0.29, 0.717) is 6.42 Å². The maximum atomic E-state index is 12.7. The molecule has 0 saturated heterocycles. The average Bonchev–Trinajstić information content (AvgIpc) is 2.72. The molecule has 2 rings (SSSR count). The first-order valence-corrected chi connectivity index (χ1v) is 8.87. The van der Waals surface area contributed by atoms with E-state index in [2.05, 4.69) is 0 Å². The third-order valence-corrected chi connectivity index (χ3v) is 4.21. The molecule has 0 fully saturated rings. The summed E-state index contributed by atoms with van der Waals surface area (Å²) in [7, 11) is 0. The molecule has 0 radical (unpaired) electrons. The van der Waals surface area contributed by atoms with Crippen LogP contribution in [0, 0.1) is 0 Å². The van der Waals surface area contributed by atoms with Gasteiger partial charge in [0.1, 0.15) is 0 Å². The second-order valence-electron chi connectivity index (χ2n) is 6.25. The van der Waals surface area contributed by atoms with Gasteiger partial charge in [-0.25, -0.2) is 19.2 Å². The molecular weight excluding hydrogens is 396 g/mol. The van der Waals surface area contributed by atoms with Gasteiger partial charge in [-0.15, -0.1) is 0 Å². The van der Waals surface area contributed by atoms with E-state index in [9.17, 15) is 34.2 Å². The minimum atomic E-state index is -1.53. The number of hydrogen-bond donors (Lipinski definition) is 3. The smallest absolute Gasteiger partial charge is 0.339 e. The molecule has 0 spiro atoms. The number of aromatic carboxylic acids is 3. The zero-order chi connectivity index (χ0) is 22.4. The highest BCUT2D eigenvalue weighted by molar-refractivity contribution is 6.13. The summed E-state index contributed by atoms with van der Waals surface area (Å²) in [4.78, 5) is 58.9. The highest BCUT2D eigenvalue weighted by Crippen LogP contribution is 2.20. The van der Waals surface area contributed by atoms with Gasteiger partial charge in [0.2, 0.25) is 0 Å². The van der Waals surface area contributed by atoms with Crippen LogP contribution in [0.5, 0.6) is 0 Å². The van der Waals surface area contributed by atoms with Gasteiger partial charge in [0.05, 0.1) is 28.9 Å². The van der Waals surface area contributed by atoms with Gasteiger partial charge < -0.3 is 20.1 Å². The van der Waals surface area contributed by atoms with Crippen LogP contribution in [0.25, 0.3) is 0 Å². The van der Waals surface area contributed by atoms with Gasteiger partial charge in [-0.3, -0.25) is 4.79 Å². The van der Waals surface area contributed by atoms with Crippen molar-refractivity contribution in [3.05, 3.63) is 69.8 Å². The normalized spacial score (nSPS) is 10.3. The van der Waals surface area contributed by atoms with Crippen molar-refractivity contribution in [1.29, 1.82) is 0 Å². The lowest BCUT2D eigenvalue weighted by Crippen LogP contribution is -2.15. The van der Waals surface area contributed by atoms with E-state index in [1.807, 2.05) is 6.92 Å². The maximum absolute atomic E-state index is 12.7. The minimum Gasteiger partial charge on any atom is -0.478 e. The molecule has 3 N–H and O–H groups in total. The fourth-order valence-electron chi connectivity index (χ4n) is 2.64. The predicted octanol–water partition coefficient (Wildman–Crippen LogP) is 2.97. The summed E-state index contributed by atoms with van der Waals surface area (Å²) in [5.74, 6) is -6.01. The first-order valence-electron chi connectivity index (χ1n) is 8.87. The zero-order valence-corrected chi connectivity index (χ0v) is 15.9. The number of rotatable bonds is 9. The molecule has 0 bridgehead atoms. The number of carboxylic acids is 3. The third kappa shape index (κ3) is 4.88. The standard InChI is InChI=1S/C21H18O9/c1-2-3-8-30-21(29)14-7-5-12(10-16(14)20(27)28)17(22)11-4-6-13(18(23)24)15(9-11)19(25)26/h4-7,9-10H,2-3,8H2,1H3,(H,23,24)(H,25,26)(H,27,28). The topological polar surface area (TPSA) is 155 Å². The van der Waals surface area contributed by atoms with Gasteiger partial charge in [-0.2, -0.15) is 0 Å². The minimum absolute atomic E-state index is 0.114. The first-order chi connectivity index (χ1) is 14.2. The Bertz CT molecular complexity index is 1040. The summed E-state index contributed by atoms with van der Waals surface area (Å²) in [6.45, 7) is 2.03. The van der Waals surface area contributed by atoms with E-state index >= 15 is 0 Å². The summed E-state index contributed by atoms with van der Waals surface area (Å²) in [5.41, 5.74) is -1.99. The molecule has 0 aliphatic carbocycles. The lowest BCUT2D eigenvalue weighted by atomic mass is 9.95. The lowest BCUT2D eigenvalue weighted by molar-refractivity contribution is 0.0488. The van der Waals surface area contributed by atoms with Crippen molar-refractivity contribution in [2.45, 2.75) is 19.8 Å². The van der Waals surface area contributed by atoms with Crippen LogP contribution in [-0.4, -0.2) is 51.6 Å². The van der Waals surface area contributed by atoms with Crippen LogP contribution in [0.2, 0.25) is 0 Å². The van der Waals surface area contributed by atoms with Crippen LogP contribution < -0.4 is 0 Å². The first kappa shape index (κ1) is 22.3. The monoisotopic (exact) mass is 414 g/mol. The Labute approximate surface area is 170 Å². The number of esters is 1. The highest BCUT2D eigenvalue weighted by Gasteiger charge is 2.23. The molecule has 0 atom stereocenters. The Kier molecular flexibility index (Phi) is 7.03. The Hall–Kier alpha value is -4.01. The molecule has 30 heavy (non-hydrogen) atoms. The van der Waals surface area contributed by atoms with Crippen molar-refractivity contribution in [3.63, 3.8) is 0 Å². The molecule has 0 aliphatic heterocycles. The number of ketones is 1. The Balaban J connectivity index is 2.43. The molecule has 0 amide bonds. The fourth-order valence-corrected chi connectivity index (χ4v) is 2.64. The van der Waals surface area contributed by atoms with Crippen LogP contribution in [0.15, 0.2) is 36.4 Å². The second kappa shape index (κ2) is 9.46. The SMILES string of the molecule is CCCCOC(=O)c1ccc(C(=O)c2ccc(C(=O)O)c(C(=O)O)c2)cc1C(=O)O. The average molecular weight is 414 g/mol. The summed E-state index contributed by atoms with van der Waals surface area (Å²) in [6, 6.07) is 6.38. The quantitative estimate of drug-likeness (QED) is 0.319. The zero-order valence-electron chi connectivity index (χ0n) is 15.9. The third-order valence-electron chi connectivity index (χ3n) is 4.21. The Morgan fingerprint density at radius 2 is 1.20 bits per heavy atom. The molecule has 156 valence electrons. The van der Waals surface area contributed by atoms with Gasteiger partial charge in [0.15, 0.2) is 5.78 Å². The molecule has 0 heterocycles. The van der Waals surface area contributed by atoms with Gasteiger partial charge >= 0.3 is 23.9 Å². The number of unbranched alkanes of at least 4 members (excludes halogenated alkanes) is 1. The highest BCUT2D eigenvalue weighted by atomic mass is 16.5. The van der Waals surface area contributed by atoms with Crippen molar-refractivity contribution in [1.82, 2.24) is 0 Å². The molecule has 0 unspecified atom stereocenters. The van der Waals surface area contributed by atoms with Crippen LogP contribution >= 0.6 is 0 Å². The lowest BCUT2D eigenvalue weighted by Gasteiger charge is -2.10. The molecule has 0 saturated carbocycles. The van der Waals surface area contributed by atoms with Gasteiger partial charge in [0, 0.05) is 11.1 Å². The van der Waals surface area contributed by atoms with E-state index in [0.717, 1.165) is 36.8 Å². The van der Waals surface area contributed by atoms with Gasteiger partial charge in [-0.1, -0.05) is 25.5 Å². The van der Waals surface area contributed by atoms with E-state index in [1.54, 1.807) is 0 Å². The van der Waals surface area contributed by atoms with Crippen molar-refractivity contribution in [2.24, 2.45) is 0 Å². The number of benzene rings is 2. The van der Waals surface area contributed by atoms with Crippen molar-refractivity contribution < 1.29 is 44.0 Å². The van der Waals surface area contributed by atoms with Crippen molar-refractivity contribution in [3.8, 4) is 0 Å². The summed E-state index contributed by atoms with van der Waals surface area (Å²) >= 11 is 0. The molecule has 9 nitrogen and oxygen atoms in total. The van der Waals surface area contributed by atoms with E-state index < -0.39 is 46.4 Å². The number of carbonyl (C=O) groups is 5. The molecule has 2 aromatic carbocycles. The second-order valence-corrected chi connectivity index (χ2v) is 6.25. The Morgan fingerprint density at radius 3 is 1.67 bits per heavy atom. The van der Waals surface area contributed by atoms with Crippen LogP contribution in [0.4, 0.5) is 0 Å². The Morgan fingerprint density at radius 1 is 0.733 bits per heavy atom. The van der Waals surface area contributed by atoms with Gasteiger partial charge in [-0.05, 0) is 30.7 Å². The van der Waals surface area contributed by atoms with Crippen LogP contribution in [-0.2, 0) is 4.74 Å². The fraction of sp³-hybridized carbons (Fsp3) is 0.190. The number of carbonyl (C=O) groups excluding carboxylic acids is 2. The summed E-state index contributed by atoms with van der Waals surface area (Å²) in [6.07, 6.45) is 1.40. The number of hydrogen-bond acceptors (Lipinski definition) is 6. The van der Waals surface area contributed by atoms with E-state index in [-0.39, 0.29) is 23.3 Å². The van der Waals surface area contributed by atoms with Crippen LogP contribution in [0.3, 0.4) is 0 Å². The largest absolute Gasteiger partial charge is 0.478 e. The molecule has 0 aliphatic rings. The predicted molar refractivity (Wildman–Crippen MR) is 102 cm³/mol. The van der Waals surface area contributed by atoms with Crippen molar-refractivity contribution >= 4 is 29.7 Å². The van der Waals surface area contributed by atoms with Gasteiger partial charge in [0.25, 0.3) is 0 Å². The van der Waals surface area contributed by atoms with Crippen LogP contribution in [0.1, 0.15) is 77.1 Å². The van der Waals surface area contributed by atoms with Crippen molar-refractivity contribution in [2.75, 3.05) is 6.61 Å². The number of ether oxygens (including phenoxy) is 1. The van der Waals surface area contributed by atoms with E-state index in [4.69, 9.17) is 9.84 Å². The molecule has 2 aromatic rings. The molecular formula is C21H18O9. The molecule has 0 aromatic heterocycles. The summed E-state index contributed by atoms with van der Waals surface area (Å²) < 4.78 is 5.01. The van der Waals surface area contributed by atoms with E-state index in [1.165, 1.54) is 6.07 Å². The maximum Gasteiger partial charge on any atom is 0.339 e.